The summed E-state index contributed by atoms with van der Waals surface area (Å²) in [5.41, 5.74) is 4.96. The van der Waals surface area contributed by atoms with Gasteiger partial charge in [-0.2, -0.15) is 0 Å². The zero-order chi connectivity index (χ0) is 24.8. The first kappa shape index (κ1) is 23.8. The molecule has 1 amide bonds. The number of allylic oxidation sites excluding steroid dienone is 1. The average molecular weight is 470 g/mol. The van der Waals surface area contributed by atoms with Crippen molar-refractivity contribution in [3.8, 4) is 5.69 Å². The molecule has 0 aliphatic carbocycles. The minimum Gasteiger partial charge on any atom is -0.387 e. The van der Waals surface area contributed by atoms with E-state index in [1.54, 1.807) is 30.6 Å². The van der Waals surface area contributed by atoms with Crippen LogP contribution in [0.5, 0.6) is 0 Å². The molecule has 7 heteroatoms. The average Bonchev–Trinajstić information content (AvgIpc) is 3.35. The Kier molecular flexibility index (Phi) is 7.26. The molecule has 178 valence electrons. The van der Waals surface area contributed by atoms with Gasteiger partial charge in [0.05, 0.1) is 17.3 Å². The van der Waals surface area contributed by atoms with Crippen molar-refractivity contribution in [3.05, 3.63) is 120 Å². The normalized spacial score (nSPS) is 11.5. The first-order valence-electron chi connectivity index (χ1n) is 11.3. The lowest BCUT2D eigenvalue weighted by atomic mass is 10.1. The number of halogens is 1. The highest BCUT2D eigenvalue weighted by Gasteiger charge is 2.17. The van der Waals surface area contributed by atoms with E-state index in [4.69, 9.17) is 0 Å². The van der Waals surface area contributed by atoms with Crippen LogP contribution in [0.2, 0.25) is 0 Å². The lowest BCUT2D eigenvalue weighted by Gasteiger charge is -2.20. The van der Waals surface area contributed by atoms with Crippen molar-refractivity contribution in [1.29, 1.82) is 0 Å². The number of carbonyl (C=O) groups excluding carboxylic acids is 1. The van der Waals surface area contributed by atoms with Crippen molar-refractivity contribution < 1.29 is 9.18 Å². The standard InChI is InChI=1S/C28H28FN5O/c1-19(2)30-17-25(21-7-5-4-6-8-21)33-28(35)22-13-14-34(18-22)26-15-27(31-16-20(26)3)32-24-11-9-23(29)10-12-24/h4-16,18,25,30H,1,17H2,2-3H3,(H,31,32)(H,33,35). The van der Waals surface area contributed by atoms with Gasteiger partial charge in [0.15, 0.2) is 0 Å². The number of aryl methyl sites for hydroxylation is 1. The Bertz CT molecular complexity index is 1310. The van der Waals surface area contributed by atoms with E-state index in [0.717, 1.165) is 28.2 Å². The van der Waals surface area contributed by atoms with E-state index in [-0.39, 0.29) is 17.8 Å². The molecule has 0 aliphatic heterocycles. The molecule has 0 aliphatic rings. The van der Waals surface area contributed by atoms with E-state index in [9.17, 15) is 9.18 Å². The van der Waals surface area contributed by atoms with Crippen LogP contribution in [0, 0.1) is 12.7 Å². The van der Waals surface area contributed by atoms with Crippen LogP contribution in [0.3, 0.4) is 0 Å². The summed E-state index contributed by atoms with van der Waals surface area (Å²) in [6, 6.07) is 19.4. The number of rotatable bonds is 9. The number of hydrogen-bond donors (Lipinski definition) is 3. The van der Waals surface area contributed by atoms with Gasteiger partial charge in [0.25, 0.3) is 5.91 Å². The first-order valence-corrected chi connectivity index (χ1v) is 11.3. The summed E-state index contributed by atoms with van der Waals surface area (Å²) in [7, 11) is 0. The molecule has 35 heavy (non-hydrogen) atoms. The van der Waals surface area contributed by atoms with Gasteiger partial charge < -0.3 is 20.5 Å². The maximum absolute atomic E-state index is 13.2. The number of nitrogens with zero attached hydrogens (tertiary/aromatic N) is 2. The van der Waals surface area contributed by atoms with Crippen LogP contribution in [-0.4, -0.2) is 22.0 Å². The number of anilines is 2. The van der Waals surface area contributed by atoms with Crippen LogP contribution in [0.4, 0.5) is 15.9 Å². The van der Waals surface area contributed by atoms with Crippen LogP contribution in [-0.2, 0) is 0 Å². The van der Waals surface area contributed by atoms with E-state index in [0.29, 0.717) is 17.9 Å². The van der Waals surface area contributed by atoms with Gasteiger partial charge in [-0.1, -0.05) is 36.9 Å². The molecule has 0 saturated heterocycles. The molecule has 2 aromatic heterocycles. The van der Waals surface area contributed by atoms with E-state index in [1.165, 1.54) is 12.1 Å². The number of hydrogen-bond acceptors (Lipinski definition) is 4. The molecular weight excluding hydrogens is 441 g/mol. The van der Waals surface area contributed by atoms with Crippen LogP contribution in [0.1, 0.15) is 34.5 Å². The number of pyridine rings is 1. The van der Waals surface area contributed by atoms with Crippen LogP contribution < -0.4 is 16.0 Å². The molecule has 1 atom stereocenters. The monoisotopic (exact) mass is 469 g/mol. The quantitative estimate of drug-likeness (QED) is 0.296. The molecule has 4 aromatic rings. The maximum Gasteiger partial charge on any atom is 0.253 e. The summed E-state index contributed by atoms with van der Waals surface area (Å²) >= 11 is 0. The van der Waals surface area contributed by atoms with E-state index >= 15 is 0 Å². The SMILES string of the molecule is C=C(C)NCC(NC(=O)c1ccn(-c2cc(Nc3ccc(F)cc3)ncc2C)c1)c1ccccc1. The summed E-state index contributed by atoms with van der Waals surface area (Å²) in [6.07, 6.45) is 5.41. The van der Waals surface area contributed by atoms with Gasteiger partial charge in [-0.15, -0.1) is 0 Å². The lowest BCUT2D eigenvalue weighted by Crippen LogP contribution is -2.35. The molecule has 3 N–H and O–H groups in total. The predicted octanol–water partition coefficient (Wildman–Crippen LogP) is 5.66. The Balaban J connectivity index is 1.52. The summed E-state index contributed by atoms with van der Waals surface area (Å²) < 4.78 is 15.1. The molecule has 0 spiro atoms. The van der Waals surface area contributed by atoms with Gasteiger partial charge in [-0.05, 0) is 55.3 Å². The van der Waals surface area contributed by atoms with E-state index in [1.807, 2.05) is 61.0 Å². The van der Waals surface area contributed by atoms with Crippen molar-refractivity contribution >= 4 is 17.4 Å². The van der Waals surface area contributed by atoms with E-state index in [2.05, 4.69) is 27.5 Å². The third-order valence-corrected chi connectivity index (χ3v) is 5.54. The van der Waals surface area contributed by atoms with Gasteiger partial charge in [-0.25, -0.2) is 9.37 Å². The molecular formula is C28H28FN5O. The Morgan fingerprint density at radius 1 is 1.11 bits per heavy atom. The molecule has 4 rings (SSSR count). The third-order valence-electron chi connectivity index (χ3n) is 5.54. The number of nitrogens with one attached hydrogen (secondary N) is 3. The Morgan fingerprint density at radius 2 is 1.86 bits per heavy atom. The number of benzene rings is 2. The molecule has 0 radical (unpaired) electrons. The second kappa shape index (κ2) is 10.7. The van der Waals surface area contributed by atoms with Crippen molar-refractivity contribution in [2.75, 3.05) is 11.9 Å². The summed E-state index contributed by atoms with van der Waals surface area (Å²) in [5.74, 6) is 0.153. The summed E-state index contributed by atoms with van der Waals surface area (Å²) in [6.45, 7) is 8.27. The van der Waals surface area contributed by atoms with Gasteiger partial charge in [-0.3, -0.25) is 4.79 Å². The smallest absolute Gasteiger partial charge is 0.253 e. The Labute approximate surface area is 204 Å². The fraction of sp³-hybridized carbons (Fsp3) is 0.143. The lowest BCUT2D eigenvalue weighted by molar-refractivity contribution is 0.0936. The molecule has 2 heterocycles. The Morgan fingerprint density at radius 3 is 2.57 bits per heavy atom. The van der Waals surface area contributed by atoms with Crippen LogP contribution in [0.25, 0.3) is 5.69 Å². The van der Waals surface area contributed by atoms with Crippen LogP contribution >= 0.6 is 0 Å². The van der Waals surface area contributed by atoms with E-state index < -0.39 is 0 Å². The molecule has 0 bridgehead atoms. The van der Waals surface area contributed by atoms with Crippen molar-refractivity contribution in [2.45, 2.75) is 19.9 Å². The molecule has 6 nitrogen and oxygen atoms in total. The minimum absolute atomic E-state index is 0.169. The molecule has 1 unspecified atom stereocenters. The zero-order valence-electron chi connectivity index (χ0n) is 19.8. The number of amides is 1. The highest BCUT2D eigenvalue weighted by atomic mass is 19.1. The molecule has 0 fully saturated rings. The fourth-order valence-electron chi connectivity index (χ4n) is 3.68. The van der Waals surface area contributed by atoms with Crippen LogP contribution in [0.15, 0.2) is 97.6 Å². The second-order valence-electron chi connectivity index (χ2n) is 8.39. The predicted molar refractivity (Wildman–Crippen MR) is 137 cm³/mol. The molecule has 0 saturated carbocycles. The highest BCUT2D eigenvalue weighted by Crippen LogP contribution is 2.22. The third kappa shape index (κ3) is 6.14. The maximum atomic E-state index is 13.2. The topological polar surface area (TPSA) is 71.0 Å². The largest absolute Gasteiger partial charge is 0.387 e. The number of carbonyl (C=O) groups is 1. The van der Waals surface area contributed by atoms with Gasteiger partial charge >= 0.3 is 0 Å². The fourth-order valence-corrected chi connectivity index (χ4v) is 3.68. The Hall–Kier alpha value is -4.39. The highest BCUT2D eigenvalue weighted by molar-refractivity contribution is 5.94. The zero-order valence-corrected chi connectivity index (χ0v) is 19.8. The molecule has 2 aromatic carbocycles. The first-order chi connectivity index (χ1) is 16.9. The minimum atomic E-state index is -0.295. The number of aromatic nitrogens is 2. The summed E-state index contributed by atoms with van der Waals surface area (Å²) in [5, 5.41) is 9.52. The van der Waals surface area contributed by atoms with Crippen molar-refractivity contribution in [2.24, 2.45) is 0 Å². The van der Waals surface area contributed by atoms with Crippen molar-refractivity contribution in [1.82, 2.24) is 20.2 Å². The van der Waals surface area contributed by atoms with Gasteiger partial charge in [0, 0.05) is 42.6 Å². The van der Waals surface area contributed by atoms with Crippen molar-refractivity contribution in [3.63, 3.8) is 0 Å². The second-order valence-corrected chi connectivity index (χ2v) is 8.39. The van der Waals surface area contributed by atoms with Gasteiger partial charge in [0.2, 0.25) is 0 Å². The van der Waals surface area contributed by atoms with Gasteiger partial charge in [0.1, 0.15) is 11.6 Å². The summed E-state index contributed by atoms with van der Waals surface area (Å²) in [4.78, 5) is 17.5.